The Hall–Kier alpha value is -3.31. The lowest BCUT2D eigenvalue weighted by Crippen LogP contribution is -2.13. The van der Waals surface area contributed by atoms with Crippen LogP contribution in [0, 0.1) is 0 Å². The fraction of sp³-hybridized carbons (Fsp3) is 0.240. The molecule has 30 heavy (non-hydrogen) atoms. The summed E-state index contributed by atoms with van der Waals surface area (Å²) in [4.78, 5) is 11.8. The van der Waals surface area contributed by atoms with Gasteiger partial charge in [-0.2, -0.15) is 0 Å². The van der Waals surface area contributed by atoms with Gasteiger partial charge in [-0.1, -0.05) is 66.3 Å². The van der Waals surface area contributed by atoms with Crippen LogP contribution in [0.1, 0.15) is 54.2 Å². The zero-order chi connectivity index (χ0) is 22.3. The number of hydrogen-bond acceptors (Lipinski definition) is 4. The second-order valence-corrected chi connectivity index (χ2v) is 7.75. The summed E-state index contributed by atoms with van der Waals surface area (Å²) in [7, 11) is 0. The number of aromatic hydroxyl groups is 2. The molecule has 0 fully saturated rings. The predicted molar refractivity (Wildman–Crippen MR) is 120 cm³/mol. The molecular formula is C25H28O5. The number of carboxylic acids is 1. The SMILES string of the molecule is CC(=CCc1c(O)cc(C=Cc2ccccc2)c(C(=O)O)c1O)CC=CC(C)(C)O. The lowest BCUT2D eigenvalue weighted by Gasteiger charge is -2.12. The number of allylic oxidation sites excluding steroid dienone is 3. The highest BCUT2D eigenvalue weighted by Gasteiger charge is 2.20. The molecule has 0 aliphatic heterocycles. The zero-order valence-electron chi connectivity index (χ0n) is 17.5. The molecule has 5 nitrogen and oxygen atoms in total. The molecule has 5 heteroatoms. The van der Waals surface area contributed by atoms with Gasteiger partial charge < -0.3 is 20.4 Å². The van der Waals surface area contributed by atoms with E-state index in [0.29, 0.717) is 6.42 Å². The number of rotatable bonds is 8. The molecule has 0 saturated heterocycles. The van der Waals surface area contributed by atoms with Gasteiger partial charge in [0.05, 0.1) is 5.60 Å². The first-order valence-electron chi connectivity index (χ1n) is 9.68. The van der Waals surface area contributed by atoms with E-state index in [1.807, 2.05) is 49.4 Å². The maximum atomic E-state index is 11.8. The van der Waals surface area contributed by atoms with Crippen LogP contribution < -0.4 is 0 Å². The Bertz CT molecular complexity index is 977. The minimum atomic E-state index is -1.27. The van der Waals surface area contributed by atoms with Gasteiger partial charge in [-0.05, 0) is 50.8 Å². The topological polar surface area (TPSA) is 98.0 Å². The van der Waals surface area contributed by atoms with E-state index >= 15 is 0 Å². The molecule has 2 rings (SSSR count). The molecule has 0 amide bonds. The lowest BCUT2D eigenvalue weighted by molar-refractivity contribution is 0.0693. The third-order valence-electron chi connectivity index (χ3n) is 4.50. The minimum Gasteiger partial charge on any atom is -0.507 e. The Morgan fingerprint density at radius 1 is 1.10 bits per heavy atom. The molecule has 4 N–H and O–H groups in total. The van der Waals surface area contributed by atoms with Gasteiger partial charge in [-0.15, -0.1) is 0 Å². The van der Waals surface area contributed by atoms with E-state index in [1.165, 1.54) is 6.07 Å². The average Bonchev–Trinajstić information content (AvgIpc) is 2.65. The van der Waals surface area contributed by atoms with Gasteiger partial charge in [0.25, 0.3) is 0 Å². The highest BCUT2D eigenvalue weighted by atomic mass is 16.4. The highest BCUT2D eigenvalue weighted by molar-refractivity contribution is 5.97. The van der Waals surface area contributed by atoms with Crippen molar-refractivity contribution in [2.24, 2.45) is 0 Å². The summed E-state index contributed by atoms with van der Waals surface area (Å²) in [5.41, 5.74) is 1.07. The molecule has 0 aliphatic carbocycles. The predicted octanol–water partition coefficient (Wildman–Crippen LogP) is 5.17. The van der Waals surface area contributed by atoms with Crippen LogP contribution in [-0.4, -0.2) is 32.0 Å². The van der Waals surface area contributed by atoms with Crippen molar-refractivity contribution < 1.29 is 25.2 Å². The summed E-state index contributed by atoms with van der Waals surface area (Å²) in [6.45, 7) is 5.25. The number of aliphatic hydroxyl groups is 1. The van der Waals surface area contributed by atoms with Crippen LogP contribution in [0.15, 0.2) is 60.2 Å². The van der Waals surface area contributed by atoms with Gasteiger partial charge in [0.1, 0.15) is 17.1 Å². The van der Waals surface area contributed by atoms with Gasteiger partial charge in [0.2, 0.25) is 0 Å². The van der Waals surface area contributed by atoms with Crippen LogP contribution in [0.25, 0.3) is 12.2 Å². The number of phenols is 2. The fourth-order valence-corrected chi connectivity index (χ4v) is 2.92. The second-order valence-electron chi connectivity index (χ2n) is 7.75. The molecule has 2 aromatic rings. The third kappa shape index (κ3) is 6.64. The molecule has 0 spiro atoms. The molecule has 0 unspecified atom stereocenters. The minimum absolute atomic E-state index is 0.162. The molecule has 158 valence electrons. The maximum Gasteiger partial charge on any atom is 0.340 e. The van der Waals surface area contributed by atoms with Gasteiger partial charge in [-0.25, -0.2) is 4.79 Å². The summed E-state index contributed by atoms with van der Waals surface area (Å²) < 4.78 is 0. The van der Waals surface area contributed by atoms with Crippen LogP contribution >= 0.6 is 0 Å². The first kappa shape index (κ1) is 23.0. The molecule has 0 aliphatic rings. The van der Waals surface area contributed by atoms with Crippen molar-refractivity contribution in [1.29, 1.82) is 0 Å². The molecule has 0 saturated carbocycles. The highest BCUT2D eigenvalue weighted by Crippen LogP contribution is 2.35. The average molecular weight is 408 g/mol. The molecule has 0 heterocycles. The summed E-state index contributed by atoms with van der Waals surface area (Å²) in [5, 5.41) is 40.3. The van der Waals surface area contributed by atoms with Crippen molar-refractivity contribution in [3.05, 3.63) is 82.5 Å². The first-order valence-corrected chi connectivity index (χ1v) is 9.68. The van der Waals surface area contributed by atoms with Crippen molar-refractivity contribution >= 4 is 18.1 Å². The molecule has 0 aromatic heterocycles. The summed E-state index contributed by atoms with van der Waals surface area (Å²) in [6.07, 6.45) is 9.40. The van der Waals surface area contributed by atoms with Crippen LogP contribution in [0.4, 0.5) is 0 Å². The van der Waals surface area contributed by atoms with Crippen LogP contribution in [0.2, 0.25) is 0 Å². The van der Waals surface area contributed by atoms with Gasteiger partial charge in [-0.3, -0.25) is 0 Å². The quantitative estimate of drug-likeness (QED) is 0.357. The Balaban J connectivity index is 2.31. The summed E-state index contributed by atoms with van der Waals surface area (Å²) in [6, 6.07) is 10.7. The first-order chi connectivity index (χ1) is 14.1. The van der Waals surface area contributed by atoms with Crippen LogP contribution in [-0.2, 0) is 6.42 Å². The molecule has 2 aromatic carbocycles. The van der Waals surface area contributed by atoms with E-state index in [2.05, 4.69) is 0 Å². The summed E-state index contributed by atoms with van der Waals surface area (Å²) in [5.74, 6) is -1.87. The maximum absolute atomic E-state index is 11.8. The van der Waals surface area contributed by atoms with Gasteiger partial charge >= 0.3 is 5.97 Å². The number of aromatic carboxylic acids is 1. The molecular weight excluding hydrogens is 380 g/mol. The number of benzene rings is 2. The van der Waals surface area contributed by atoms with Crippen molar-refractivity contribution in [2.75, 3.05) is 0 Å². The normalized spacial score (nSPS) is 12.7. The number of carbonyl (C=O) groups is 1. The lowest BCUT2D eigenvalue weighted by atomic mass is 9.97. The largest absolute Gasteiger partial charge is 0.507 e. The van der Waals surface area contributed by atoms with E-state index in [4.69, 9.17) is 0 Å². The number of phenolic OH excluding ortho intramolecular Hbond substituents is 1. The standard InChI is InChI=1S/C25H28O5/c1-17(8-7-15-25(2,3)30)11-14-20-21(26)16-19(22(23(20)27)24(28)29)13-12-18-9-5-4-6-10-18/h4-7,9-13,15-16,26-27,30H,8,14H2,1-3H3,(H,28,29). The van der Waals surface area contributed by atoms with Crippen molar-refractivity contribution in [3.8, 4) is 11.5 Å². The summed E-state index contributed by atoms with van der Waals surface area (Å²) >= 11 is 0. The van der Waals surface area contributed by atoms with E-state index < -0.39 is 17.3 Å². The Morgan fingerprint density at radius 2 is 1.77 bits per heavy atom. The van der Waals surface area contributed by atoms with E-state index in [-0.39, 0.29) is 28.9 Å². The Kier molecular flexibility index (Phi) is 7.61. The molecule has 0 radical (unpaired) electrons. The molecule has 0 atom stereocenters. The Labute approximate surface area is 177 Å². The smallest absolute Gasteiger partial charge is 0.340 e. The zero-order valence-corrected chi connectivity index (χ0v) is 17.5. The van der Waals surface area contributed by atoms with E-state index in [0.717, 1.165) is 11.1 Å². The van der Waals surface area contributed by atoms with E-state index in [1.54, 1.807) is 32.1 Å². The van der Waals surface area contributed by atoms with Gasteiger partial charge in [0.15, 0.2) is 0 Å². The van der Waals surface area contributed by atoms with Crippen molar-refractivity contribution in [1.82, 2.24) is 0 Å². The Morgan fingerprint density at radius 3 is 2.37 bits per heavy atom. The monoisotopic (exact) mass is 408 g/mol. The van der Waals surface area contributed by atoms with Crippen LogP contribution in [0.5, 0.6) is 11.5 Å². The second kappa shape index (κ2) is 9.94. The fourth-order valence-electron chi connectivity index (χ4n) is 2.92. The molecule has 0 bridgehead atoms. The number of carboxylic acid groups (broad SMARTS) is 1. The number of hydrogen-bond donors (Lipinski definition) is 4. The van der Waals surface area contributed by atoms with Gasteiger partial charge in [0, 0.05) is 5.56 Å². The van der Waals surface area contributed by atoms with Crippen molar-refractivity contribution in [2.45, 2.75) is 39.2 Å². The van der Waals surface area contributed by atoms with Crippen LogP contribution in [0.3, 0.4) is 0 Å². The van der Waals surface area contributed by atoms with E-state index in [9.17, 15) is 25.2 Å². The van der Waals surface area contributed by atoms with Crippen molar-refractivity contribution in [3.63, 3.8) is 0 Å². The third-order valence-corrected chi connectivity index (χ3v) is 4.50.